The molecule has 0 bridgehead atoms. The van der Waals surface area contributed by atoms with E-state index in [1.807, 2.05) is 12.1 Å². The molecule has 1 aromatic heterocycles. The average Bonchev–Trinajstić information content (AvgIpc) is 3.07. The summed E-state index contributed by atoms with van der Waals surface area (Å²) >= 11 is 0. The minimum absolute atomic E-state index is 0.225. The third-order valence-corrected chi connectivity index (χ3v) is 3.51. The number of anilines is 2. The second-order valence-electron chi connectivity index (χ2n) is 4.78. The van der Waals surface area contributed by atoms with Crippen molar-refractivity contribution in [2.75, 3.05) is 24.3 Å². The van der Waals surface area contributed by atoms with E-state index in [1.165, 1.54) is 12.7 Å². The normalized spacial score (nSPS) is 13.3. The summed E-state index contributed by atoms with van der Waals surface area (Å²) in [6.45, 7) is 1.50. The van der Waals surface area contributed by atoms with Crippen LogP contribution >= 0.6 is 0 Å². The maximum absolute atomic E-state index is 11.4. The zero-order valence-electron chi connectivity index (χ0n) is 11.3. The van der Waals surface area contributed by atoms with E-state index < -0.39 is 5.97 Å². The Morgan fingerprint density at radius 1 is 1.40 bits per heavy atom. The van der Waals surface area contributed by atoms with Crippen LogP contribution in [0.2, 0.25) is 0 Å². The lowest BCUT2D eigenvalue weighted by molar-refractivity contribution is 0.0563. The number of methoxy groups -OCH3 is 1. The van der Waals surface area contributed by atoms with Crippen molar-refractivity contribution >= 4 is 17.3 Å². The number of hydrogen-bond acceptors (Lipinski definition) is 5. The van der Waals surface area contributed by atoms with Crippen molar-refractivity contribution in [1.82, 2.24) is 0 Å². The van der Waals surface area contributed by atoms with Crippen molar-refractivity contribution < 1.29 is 13.9 Å². The maximum Gasteiger partial charge on any atom is 0.373 e. The molecule has 2 aromatic rings. The molecule has 2 N–H and O–H groups in total. The van der Waals surface area contributed by atoms with Crippen LogP contribution in [-0.2, 0) is 17.7 Å². The number of carbonyl (C=O) groups is 1. The van der Waals surface area contributed by atoms with Gasteiger partial charge in [0.05, 0.1) is 25.0 Å². The van der Waals surface area contributed by atoms with E-state index >= 15 is 0 Å². The van der Waals surface area contributed by atoms with Crippen LogP contribution in [0.5, 0.6) is 0 Å². The van der Waals surface area contributed by atoms with E-state index in [2.05, 4.69) is 15.7 Å². The van der Waals surface area contributed by atoms with Crippen molar-refractivity contribution in [2.45, 2.75) is 13.0 Å². The van der Waals surface area contributed by atoms with Gasteiger partial charge in [0.2, 0.25) is 5.76 Å². The van der Waals surface area contributed by atoms with Gasteiger partial charge in [-0.05, 0) is 30.2 Å². The second kappa shape index (κ2) is 4.92. The molecule has 0 atom stereocenters. The molecular weight excluding hydrogens is 256 g/mol. The Kier molecular flexibility index (Phi) is 3.10. The van der Waals surface area contributed by atoms with Gasteiger partial charge >= 0.3 is 5.97 Å². The highest BCUT2D eigenvalue weighted by molar-refractivity contribution is 5.86. The Hall–Kier alpha value is -2.43. The molecule has 0 unspecified atom stereocenters. The molecule has 20 heavy (non-hydrogen) atoms. The first-order chi connectivity index (χ1) is 9.69. The second-order valence-corrected chi connectivity index (χ2v) is 4.78. The largest absolute Gasteiger partial charge is 0.463 e. The minimum Gasteiger partial charge on any atom is -0.463 e. The summed E-state index contributed by atoms with van der Waals surface area (Å²) in [5.41, 5.74) is 9.15. The molecule has 5 nitrogen and oxygen atoms in total. The molecule has 3 rings (SSSR count). The molecule has 1 aliphatic heterocycles. The van der Waals surface area contributed by atoms with E-state index in [4.69, 9.17) is 10.2 Å². The molecule has 104 valence electrons. The molecule has 0 saturated carbocycles. The van der Waals surface area contributed by atoms with Gasteiger partial charge in [0.25, 0.3) is 0 Å². The lowest BCUT2D eigenvalue weighted by atomic mass is 10.1. The quantitative estimate of drug-likeness (QED) is 0.685. The number of benzene rings is 1. The number of nitrogens with zero attached hydrogens (tertiary/aromatic N) is 1. The summed E-state index contributed by atoms with van der Waals surface area (Å²) < 4.78 is 10.1. The van der Waals surface area contributed by atoms with Crippen LogP contribution in [0.1, 0.15) is 21.9 Å². The van der Waals surface area contributed by atoms with Gasteiger partial charge in [0.15, 0.2) is 0 Å². The molecule has 0 amide bonds. The number of nitrogens with two attached hydrogens (primary N) is 1. The molecule has 0 saturated heterocycles. The highest BCUT2D eigenvalue weighted by atomic mass is 16.5. The summed E-state index contributed by atoms with van der Waals surface area (Å²) in [6, 6.07) is 9.39. The highest BCUT2D eigenvalue weighted by Gasteiger charge is 2.22. The van der Waals surface area contributed by atoms with Crippen LogP contribution in [0.3, 0.4) is 0 Å². The van der Waals surface area contributed by atoms with Gasteiger partial charge in [0, 0.05) is 6.54 Å². The molecule has 2 heterocycles. The first-order valence-corrected chi connectivity index (χ1v) is 6.48. The lowest BCUT2D eigenvalue weighted by Gasteiger charge is -2.19. The number of para-hydroxylation sites is 1. The number of ether oxygens (including phenoxy) is 1. The fourth-order valence-electron chi connectivity index (χ4n) is 2.59. The minimum atomic E-state index is -0.461. The summed E-state index contributed by atoms with van der Waals surface area (Å²) in [4.78, 5) is 13.5. The first-order valence-electron chi connectivity index (χ1n) is 6.48. The third-order valence-electron chi connectivity index (χ3n) is 3.51. The zero-order chi connectivity index (χ0) is 14.1. The molecule has 0 spiro atoms. The van der Waals surface area contributed by atoms with E-state index in [-0.39, 0.29) is 5.76 Å². The van der Waals surface area contributed by atoms with Gasteiger partial charge in [-0.15, -0.1) is 0 Å². The highest BCUT2D eigenvalue weighted by Crippen LogP contribution is 2.34. The summed E-state index contributed by atoms with van der Waals surface area (Å²) in [5.74, 6) is 0.488. The van der Waals surface area contributed by atoms with Crippen LogP contribution < -0.4 is 10.6 Å². The Labute approximate surface area is 116 Å². The summed E-state index contributed by atoms with van der Waals surface area (Å²) in [7, 11) is 1.34. The maximum atomic E-state index is 11.4. The first kappa shape index (κ1) is 12.6. The number of carbonyl (C=O) groups excluding carboxylic acids is 1. The average molecular weight is 272 g/mol. The van der Waals surface area contributed by atoms with Crippen molar-refractivity contribution in [3.63, 3.8) is 0 Å². The van der Waals surface area contributed by atoms with Crippen molar-refractivity contribution in [3.05, 3.63) is 47.4 Å². The van der Waals surface area contributed by atoms with Gasteiger partial charge in [-0.2, -0.15) is 0 Å². The number of furan rings is 1. The fourth-order valence-corrected chi connectivity index (χ4v) is 2.59. The van der Waals surface area contributed by atoms with Gasteiger partial charge in [-0.3, -0.25) is 0 Å². The number of hydrogen-bond donors (Lipinski definition) is 1. The molecule has 0 aliphatic carbocycles. The number of fused-ring (bicyclic) bond motifs is 1. The van der Waals surface area contributed by atoms with E-state index in [0.29, 0.717) is 6.54 Å². The Bertz CT molecular complexity index is 648. The van der Waals surface area contributed by atoms with Crippen LogP contribution in [0.4, 0.5) is 11.4 Å². The van der Waals surface area contributed by atoms with Gasteiger partial charge in [-0.25, -0.2) is 4.79 Å². The monoisotopic (exact) mass is 272 g/mol. The number of esters is 1. The van der Waals surface area contributed by atoms with E-state index in [0.717, 1.165) is 30.1 Å². The molecule has 1 aromatic carbocycles. The van der Waals surface area contributed by atoms with Crippen molar-refractivity contribution in [2.24, 2.45) is 0 Å². The lowest BCUT2D eigenvalue weighted by Crippen LogP contribution is -2.20. The van der Waals surface area contributed by atoms with Crippen LogP contribution in [0.15, 0.2) is 34.7 Å². The summed E-state index contributed by atoms with van der Waals surface area (Å²) in [6.07, 6.45) is 0.977. The summed E-state index contributed by atoms with van der Waals surface area (Å²) in [5, 5.41) is 0. The zero-order valence-corrected chi connectivity index (χ0v) is 11.3. The van der Waals surface area contributed by atoms with Crippen molar-refractivity contribution in [3.8, 4) is 0 Å². The smallest absolute Gasteiger partial charge is 0.373 e. The Morgan fingerprint density at radius 2 is 2.25 bits per heavy atom. The predicted octanol–water partition coefficient (Wildman–Crippen LogP) is 2.21. The Balaban J connectivity index is 1.81. The van der Waals surface area contributed by atoms with Gasteiger partial charge in [0.1, 0.15) is 5.76 Å². The van der Waals surface area contributed by atoms with Gasteiger partial charge in [-0.1, -0.05) is 12.1 Å². The fraction of sp³-hybridized carbons (Fsp3) is 0.267. The predicted molar refractivity (Wildman–Crippen MR) is 75.7 cm³/mol. The topological polar surface area (TPSA) is 68.7 Å². The number of rotatable bonds is 3. The van der Waals surface area contributed by atoms with E-state index in [9.17, 15) is 4.79 Å². The molecular formula is C15H16N2O3. The Morgan fingerprint density at radius 3 is 3.05 bits per heavy atom. The third kappa shape index (κ3) is 2.11. The molecule has 0 radical (unpaired) electrons. The molecule has 1 aliphatic rings. The number of nitrogen functional groups attached to an aromatic ring is 1. The van der Waals surface area contributed by atoms with E-state index in [1.54, 1.807) is 12.1 Å². The van der Waals surface area contributed by atoms with Crippen LogP contribution in [0.25, 0.3) is 0 Å². The van der Waals surface area contributed by atoms with Crippen LogP contribution in [-0.4, -0.2) is 19.6 Å². The SMILES string of the molecule is COC(=O)c1ccc(CN2CCc3cccc(N)c32)o1. The van der Waals surface area contributed by atoms with Crippen LogP contribution in [0, 0.1) is 0 Å². The van der Waals surface area contributed by atoms with Crippen molar-refractivity contribution in [1.29, 1.82) is 0 Å². The van der Waals surface area contributed by atoms with Gasteiger partial charge < -0.3 is 19.8 Å². The molecule has 0 fully saturated rings. The standard InChI is InChI=1S/C15H16N2O3/c1-19-15(18)13-6-5-11(20-13)9-17-8-7-10-3-2-4-12(16)14(10)17/h2-6H,7-9,16H2,1H3. The molecule has 5 heteroatoms.